The molecule has 0 aromatic heterocycles. The van der Waals surface area contributed by atoms with Gasteiger partial charge in [0.1, 0.15) is 11.6 Å². The molecule has 23 heavy (non-hydrogen) atoms. The third-order valence-corrected chi connectivity index (χ3v) is 4.18. The highest BCUT2D eigenvalue weighted by Crippen LogP contribution is 2.30. The summed E-state index contributed by atoms with van der Waals surface area (Å²) in [5, 5.41) is 0. The average molecular weight is 314 g/mol. The second-order valence-corrected chi connectivity index (χ2v) is 5.79. The van der Waals surface area contributed by atoms with Gasteiger partial charge in [-0.3, -0.25) is 4.90 Å². The molecule has 2 aromatic rings. The van der Waals surface area contributed by atoms with E-state index in [-0.39, 0.29) is 5.82 Å². The van der Waals surface area contributed by atoms with E-state index in [9.17, 15) is 4.39 Å². The third kappa shape index (κ3) is 4.02. The standard InChI is InChI=1S/C19H23FN2O/c1-2-23-19-14-17(20)8-9-18(19)22-12-10-21(11-13-22)15-16-6-4-3-5-7-16/h3-9,14H,2,10-13,15H2,1H3. The summed E-state index contributed by atoms with van der Waals surface area (Å²) in [7, 11) is 0. The fraction of sp³-hybridized carbons (Fsp3) is 0.368. The molecule has 0 bridgehead atoms. The summed E-state index contributed by atoms with van der Waals surface area (Å²) < 4.78 is 19.0. The summed E-state index contributed by atoms with van der Waals surface area (Å²) in [4.78, 5) is 4.74. The van der Waals surface area contributed by atoms with Crippen molar-refractivity contribution in [2.24, 2.45) is 0 Å². The Morgan fingerprint density at radius 2 is 1.74 bits per heavy atom. The maximum atomic E-state index is 13.4. The fourth-order valence-corrected chi connectivity index (χ4v) is 3.01. The Kier molecular flexibility index (Phi) is 5.13. The van der Waals surface area contributed by atoms with Crippen molar-refractivity contribution in [3.05, 3.63) is 59.9 Å². The van der Waals surface area contributed by atoms with Gasteiger partial charge in [0.15, 0.2) is 0 Å². The van der Waals surface area contributed by atoms with Gasteiger partial charge in [-0.2, -0.15) is 0 Å². The van der Waals surface area contributed by atoms with E-state index in [1.807, 2.05) is 19.1 Å². The van der Waals surface area contributed by atoms with Crippen molar-refractivity contribution in [3.63, 3.8) is 0 Å². The second-order valence-electron chi connectivity index (χ2n) is 5.79. The van der Waals surface area contributed by atoms with Crippen molar-refractivity contribution in [2.45, 2.75) is 13.5 Å². The molecule has 0 atom stereocenters. The van der Waals surface area contributed by atoms with Crippen molar-refractivity contribution in [3.8, 4) is 5.75 Å². The number of anilines is 1. The highest BCUT2D eigenvalue weighted by Gasteiger charge is 2.20. The molecule has 1 fully saturated rings. The zero-order valence-corrected chi connectivity index (χ0v) is 13.5. The molecule has 3 rings (SSSR count). The number of rotatable bonds is 5. The molecule has 0 unspecified atom stereocenters. The van der Waals surface area contributed by atoms with Crippen LogP contribution in [0.4, 0.5) is 10.1 Å². The van der Waals surface area contributed by atoms with Crippen LogP contribution in [-0.4, -0.2) is 37.7 Å². The van der Waals surface area contributed by atoms with E-state index >= 15 is 0 Å². The Morgan fingerprint density at radius 3 is 2.43 bits per heavy atom. The Balaban J connectivity index is 1.63. The molecule has 0 aliphatic carbocycles. The van der Waals surface area contributed by atoms with Gasteiger partial charge in [-0.25, -0.2) is 4.39 Å². The van der Waals surface area contributed by atoms with Crippen molar-refractivity contribution < 1.29 is 9.13 Å². The molecule has 122 valence electrons. The molecule has 2 aromatic carbocycles. The summed E-state index contributed by atoms with van der Waals surface area (Å²) in [5.41, 5.74) is 2.34. The smallest absolute Gasteiger partial charge is 0.145 e. The first-order valence-electron chi connectivity index (χ1n) is 8.20. The molecule has 1 saturated heterocycles. The van der Waals surface area contributed by atoms with Crippen LogP contribution in [0.2, 0.25) is 0 Å². The van der Waals surface area contributed by atoms with Crippen LogP contribution in [0.3, 0.4) is 0 Å². The summed E-state index contributed by atoms with van der Waals surface area (Å²) in [6, 6.07) is 15.4. The molecular weight excluding hydrogens is 291 g/mol. The van der Waals surface area contributed by atoms with Gasteiger partial charge in [0.25, 0.3) is 0 Å². The quantitative estimate of drug-likeness (QED) is 0.839. The number of nitrogens with zero attached hydrogens (tertiary/aromatic N) is 2. The summed E-state index contributed by atoms with van der Waals surface area (Å²) >= 11 is 0. The van der Waals surface area contributed by atoms with Gasteiger partial charge in [0.05, 0.1) is 12.3 Å². The van der Waals surface area contributed by atoms with E-state index in [1.165, 1.54) is 17.7 Å². The first kappa shape index (κ1) is 15.8. The summed E-state index contributed by atoms with van der Waals surface area (Å²) in [5.74, 6) is 0.393. The number of hydrogen-bond donors (Lipinski definition) is 0. The minimum absolute atomic E-state index is 0.250. The Morgan fingerprint density at radius 1 is 1.00 bits per heavy atom. The Bertz CT molecular complexity index is 625. The van der Waals surface area contributed by atoms with E-state index in [0.29, 0.717) is 12.4 Å². The van der Waals surface area contributed by atoms with Gasteiger partial charge >= 0.3 is 0 Å². The third-order valence-electron chi connectivity index (χ3n) is 4.18. The first-order chi connectivity index (χ1) is 11.3. The highest BCUT2D eigenvalue weighted by molar-refractivity contribution is 5.59. The van der Waals surface area contributed by atoms with Crippen molar-refractivity contribution >= 4 is 5.69 Å². The van der Waals surface area contributed by atoms with Gasteiger partial charge in [0.2, 0.25) is 0 Å². The first-order valence-corrected chi connectivity index (χ1v) is 8.20. The predicted molar refractivity (Wildman–Crippen MR) is 91.5 cm³/mol. The van der Waals surface area contributed by atoms with Crippen LogP contribution in [0, 0.1) is 5.82 Å². The zero-order valence-electron chi connectivity index (χ0n) is 13.5. The maximum absolute atomic E-state index is 13.4. The van der Waals surface area contributed by atoms with Crippen molar-refractivity contribution in [2.75, 3.05) is 37.7 Å². The zero-order chi connectivity index (χ0) is 16.1. The van der Waals surface area contributed by atoms with Crippen LogP contribution in [-0.2, 0) is 6.54 Å². The highest BCUT2D eigenvalue weighted by atomic mass is 19.1. The number of halogens is 1. The van der Waals surface area contributed by atoms with Gasteiger partial charge in [-0.1, -0.05) is 30.3 Å². The molecule has 0 saturated carbocycles. The molecule has 0 spiro atoms. The van der Waals surface area contributed by atoms with Gasteiger partial charge in [-0.15, -0.1) is 0 Å². The van der Waals surface area contributed by atoms with Crippen molar-refractivity contribution in [1.82, 2.24) is 4.90 Å². The monoisotopic (exact) mass is 314 g/mol. The lowest BCUT2D eigenvalue weighted by molar-refractivity contribution is 0.248. The average Bonchev–Trinajstić information content (AvgIpc) is 2.57. The minimum Gasteiger partial charge on any atom is -0.492 e. The molecular formula is C19H23FN2O. The lowest BCUT2D eigenvalue weighted by atomic mass is 10.2. The van der Waals surface area contributed by atoms with Crippen LogP contribution >= 0.6 is 0 Å². The number of piperazine rings is 1. The van der Waals surface area contributed by atoms with Crippen LogP contribution in [0.5, 0.6) is 5.75 Å². The molecule has 0 amide bonds. The van der Waals surface area contributed by atoms with E-state index in [0.717, 1.165) is 38.4 Å². The number of ether oxygens (including phenoxy) is 1. The van der Waals surface area contributed by atoms with Crippen LogP contribution in [0.25, 0.3) is 0 Å². The SMILES string of the molecule is CCOc1cc(F)ccc1N1CCN(Cc2ccccc2)CC1. The molecule has 0 radical (unpaired) electrons. The summed E-state index contributed by atoms with van der Waals surface area (Å²) in [6.45, 7) is 7.31. The maximum Gasteiger partial charge on any atom is 0.145 e. The number of hydrogen-bond acceptors (Lipinski definition) is 3. The lowest BCUT2D eigenvalue weighted by Crippen LogP contribution is -2.46. The van der Waals surface area contributed by atoms with Crippen LogP contribution in [0.1, 0.15) is 12.5 Å². The van der Waals surface area contributed by atoms with Gasteiger partial charge in [0, 0.05) is 38.8 Å². The number of benzene rings is 2. The van der Waals surface area contributed by atoms with E-state index in [4.69, 9.17) is 4.74 Å². The molecule has 3 nitrogen and oxygen atoms in total. The second kappa shape index (κ2) is 7.47. The summed E-state index contributed by atoms with van der Waals surface area (Å²) in [6.07, 6.45) is 0. The van der Waals surface area contributed by atoms with Crippen molar-refractivity contribution in [1.29, 1.82) is 0 Å². The topological polar surface area (TPSA) is 15.7 Å². The largest absolute Gasteiger partial charge is 0.492 e. The van der Waals surface area contributed by atoms with E-state index in [2.05, 4.69) is 34.1 Å². The Labute approximate surface area is 137 Å². The van der Waals surface area contributed by atoms with E-state index in [1.54, 1.807) is 0 Å². The predicted octanol–water partition coefficient (Wildman–Crippen LogP) is 3.55. The normalized spacial score (nSPS) is 15.7. The molecule has 0 N–H and O–H groups in total. The van der Waals surface area contributed by atoms with Crippen LogP contribution < -0.4 is 9.64 Å². The molecule has 4 heteroatoms. The fourth-order valence-electron chi connectivity index (χ4n) is 3.01. The van der Waals surface area contributed by atoms with Crippen LogP contribution in [0.15, 0.2) is 48.5 Å². The van der Waals surface area contributed by atoms with Gasteiger partial charge in [-0.05, 0) is 24.6 Å². The molecule has 1 aliphatic rings. The van der Waals surface area contributed by atoms with E-state index < -0.39 is 0 Å². The molecule has 1 heterocycles. The molecule has 1 aliphatic heterocycles. The Hall–Kier alpha value is -2.07. The lowest BCUT2D eigenvalue weighted by Gasteiger charge is -2.36. The van der Waals surface area contributed by atoms with Gasteiger partial charge < -0.3 is 9.64 Å². The minimum atomic E-state index is -0.250.